The second-order valence-corrected chi connectivity index (χ2v) is 3.45. The van der Waals surface area contributed by atoms with Gasteiger partial charge in [0.1, 0.15) is 5.82 Å². The third-order valence-corrected chi connectivity index (χ3v) is 2.17. The average molecular weight is 246 g/mol. The average Bonchev–Trinajstić information content (AvgIpc) is 2.30. The Kier molecular flexibility index (Phi) is 4.81. The van der Waals surface area contributed by atoms with E-state index in [2.05, 4.69) is 10.6 Å². The molecule has 0 saturated heterocycles. The van der Waals surface area contributed by atoms with Crippen LogP contribution < -0.4 is 10.6 Å². The zero-order valence-corrected chi connectivity index (χ0v) is 9.32. The molecular weight excluding hydrogens is 233 g/mol. The van der Waals surface area contributed by atoms with Crippen LogP contribution in [0.1, 0.15) is 12.8 Å². The number of benzene rings is 1. The first-order valence-electron chi connectivity index (χ1n) is 5.13. The summed E-state index contributed by atoms with van der Waals surface area (Å²) >= 11 is 0. The topological polar surface area (TPSA) is 41.1 Å². The van der Waals surface area contributed by atoms with Crippen molar-refractivity contribution in [2.24, 2.45) is 0 Å². The Bertz CT molecular complexity index is 410. The minimum atomic E-state index is -1.24. The van der Waals surface area contributed by atoms with Gasteiger partial charge in [-0.2, -0.15) is 0 Å². The highest BCUT2D eigenvalue weighted by Crippen LogP contribution is 2.18. The van der Waals surface area contributed by atoms with Gasteiger partial charge in [-0.15, -0.1) is 0 Å². The Morgan fingerprint density at radius 2 is 2.00 bits per heavy atom. The fourth-order valence-electron chi connectivity index (χ4n) is 1.28. The van der Waals surface area contributed by atoms with E-state index in [-0.39, 0.29) is 24.6 Å². The molecule has 2 N–H and O–H groups in total. The Hall–Kier alpha value is -1.72. The highest BCUT2D eigenvalue weighted by Gasteiger charge is 2.10. The normalized spacial score (nSPS) is 10.1. The maximum absolute atomic E-state index is 13.2. The molecule has 1 aromatic rings. The number of amides is 1. The van der Waals surface area contributed by atoms with Crippen molar-refractivity contribution in [2.45, 2.75) is 12.8 Å². The summed E-state index contributed by atoms with van der Waals surface area (Å²) in [5.74, 6) is -3.35. The van der Waals surface area contributed by atoms with Crippen LogP contribution in [0.3, 0.4) is 0 Å². The highest BCUT2D eigenvalue weighted by molar-refractivity contribution is 5.75. The van der Waals surface area contributed by atoms with E-state index in [9.17, 15) is 18.0 Å². The predicted molar refractivity (Wildman–Crippen MR) is 58.1 cm³/mol. The van der Waals surface area contributed by atoms with Gasteiger partial charge in [0.15, 0.2) is 11.6 Å². The van der Waals surface area contributed by atoms with Gasteiger partial charge in [0, 0.05) is 32.1 Å². The minimum Gasteiger partial charge on any atom is -0.382 e. The largest absolute Gasteiger partial charge is 0.382 e. The zero-order chi connectivity index (χ0) is 12.8. The van der Waals surface area contributed by atoms with Gasteiger partial charge in [-0.3, -0.25) is 4.79 Å². The van der Waals surface area contributed by atoms with Crippen LogP contribution in [0.25, 0.3) is 0 Å². The van der Waals surface area contributed by atoms with E-state index in [1.54, 1.807) is 0 Å². The summed E-state index contributed by atoms with van der Waals surface area (Å²) in [5.41, 5.74) is -0.237. The van der Waals surface area contributed by atoms with Gasteiger partial charge < -0.3 is 10.6 Å². The predicted octanol–water partition coefficient (Wildman–Crippen LogP) is 2.04. The van der Waals surface area contributed by atoms with Crippen molar-refractivity contribution in [3.8, 4) is 0 Å². The quantitative estimate of drug-likeness (QED) is 0.616. The first-order chi connectivity index (χ1) is 8.04. The van der Waals surface area contributed by atoms with Crippen LogP contribution in [0.5, 0.6) is 0 Å². The van der Waals surface area contributed by atoms with E-state index < -0.39 is 17.5 Å². The fraction of sp³-hybridized carbons (Fsp3) is 0.364. The molecule has 0 aliphatic carbocycles. The number of nitrogens with one attached hydrogen (secondary N) is 2. The lowest BCUT2D eigenvalue weighted by Crippen LogP contribution is -2.18. The number of rotatable bonds is 5. The molecule has 1 aromatic carbocycles. The summed E-state index contributed by atoms with van der Waals surface area (Å²) in [4.78, 5) is 10.9. The summed E-state index contributed by atoms with van der Waals surface area (Å²) < 4.78 is 38.8. The van der Waals surface area contributed by atoms with E-state index in [1.165, 1.54) is 7.05 Å². The molecule has 1 amide bonds. The summed E-state index contributed by atoms with van der Waals surface area (Å²) in [6.07, 6.45) is 0.708. The summed E-state index contributed by atoms with van der Waals surface area (Å²) in [6.45, 7) is 0.257. The van der Waals surface area contributed by atoms with E-state index >= 15 is 0 Å². The first-order valence-corrected chi connectivity index (χ1v) is 5.13. The first kappa shape index (κ1) is 13.3. The highest BCUT2D eigenvalue weighted by atomic mass is 19.2. The maximum atomic E-state index is 13.2. The number of carbonyl (C=O) groups excluding carboxylic acids is 1. The summed E-state index contributed by atoms with van der Waals surface area (Å²) in [5, 5.41) is 4.97. The molecule has 17 heavy (non-hydrogen) atoms. The molecular formula is C11H13F3N2O. The SMILES string of the molecule is CNC(=O)CCCNc1cc(F)cc(F)c1F. The van der Waals surface area contributed by atoms with Crippen LogP contribution in [-0.2, 0) is 4.79 Å². The molecule has 0 aliphatic heterocycles. The molecule has 0 atom stereocenters. The van der Waals surface area contributed by atoms with Crippen molar-refractivity contribution < 1.29 is 18.0 Å². The molecule has 6 heteroatoms. The van der Waals surface area contributed by atoms with Gasteiger partial charge >= 0.3 is 0 Å². The number of halogens is 3. The Balaban J connectivity index is 2.49. The van der Waals surface area contributed by atoms with Gasteiger partial charge in [-0.1, -0.05) is 0 Å². The van der Waals surface area contributed by atoms with Crippen molar-refractivity contribution in [1.82, 2.24) is 5.32 Å². The number of hydrogen-bond acceptors (Lipinski definition) is 2. The monoisotopic (exact) mass is 246 g/mol. The molecule has 0 bridgehead atoms. The maximum Gasteiger partial charge on any atom is 0.219 e. The lowest BCUT2D eigenvalue weighted by molar-refractivity contribution is -0.120. The molecule has 0 saturated carbocycles. The number of hydrogen-bond donors (Lipinski definition) is 2. The molecule has 0 radical (unpaired) electrons. The van der Waals surface area contributed by atoms with Crippen molar-refractivity contribution in [3.63, 3.8) is 0 Å². The van der Waals surface area contributed by atoms with Crippen molar-refractivity contribution >= 4 is 11.6 Å². The van der Waals surface area contributed by atoms with Crippen LogP contribution in [-0.4, -0.2) is 19.5 Å². The molecule has 0 heterocycles. The molecule has 1 rings (SSSR count). The second-order valence-electron chi connectivity index (χ2n) is 3.45. The number of anilines is 1. The summed E-state index contributed by atoms with van der Waals surface area (Å²) in [6, 6.07) is 1.35. The Morgan fingerprint density at radius 3 is 2.65 bits per heavy atom. The second kappa shape index (κ2) is 6.12. The molecule has 3 nitrogen and oxygen atoms in total. The smallest absolute Gasteiger partial charge is 0.219 e. The molecule has 0 unspecified atom stereocenters. The summed E-state index contributed by atoms with van der Waals surface area (Å²) in [7, 11) is 1.51. The molecule has 0 aliphatic rings. The molecule has 0 aromatic heterocycles. The van der Waals surface area contributed by atoms with E-state index in [0.29, 0.717) is 12.5 Å². The Labute approximate surface area is 97.0 Å². The van der Waals surface area contributed by atoms with Crippen LogP contribution >= 0.6 is 0 Å². The van der Waals surface area contributed by atoms with E-state index in [0.717, 1.165) is 6.07 Å². The molecule has 94 valence electrons. The van der Waals surface area contributed by atoms with E-state index in [4.69, 9.17) is 0 Å². The third kappa shape index (κ3) is 3.97. The van der Waals surface area contributed by atoms with E-state index in [1.807, 2.05) is 0 Å². The lowest BCUT2D eigenvalue weighted by Gasteiger charge is -2.07. The third-order valence-electron chi connectivity index (χ3n) is 2.17. The van der Waals surface area contributed by atoms with Gasteiger partial charge in [0.05, 0.1) is 5.69 Å². The number of carbonyl (C=O) groups is 1. The lowest BCUT2D eigenvalue weighted by atomic mass is 10.2. The fourth-order valence-corrected chi connectivity index (χ4v) is 1.28. The van der Waals surface area contributed by atoms with Gasteiger partial charge in [0.2, 0.25) is 5.91 Å². The van der Waals surface area contributed by atoms with Crippen molar-refractivity contribution in [1.29, 1.82) is 0 Å². The van der Waals surface area contributed by atoms with Crippen molar-refractivity contribution in [3.05, 3.63) is 29.6 Å². The molecule has 0 fully saturated rings. The van der Waals surface area contributed by atoms with Gasteiger partial charge in [-0.05, 0) is 6.42 Å². The van der Waals surface area contributed by atoms with Crippen LogP contribution in [0.15, 0.2) is 12.1 Å². The van der Waals surface area contributed by atoms with Gasteiger partial charge in [0.25, 0.3) is 0 Å². The molecule has 0 spiro atoms. The standard InChI is InChI=1S/C11H13F3N2O/c1-15-10(17)3-2-4-16-9-6-7(12)5-8(13)11(9)14/h5-6,16H,2-4H2,1H3,(H,15,17). The van der Waals surface area contributed by atoms with Crippen LogP contribution in [0, 0.1) is 17.5 Å². The Morgan fingerprint density at radius 1 is 1.29 bits per heavy atom. The minimum absolute atomic E-state index is 0.141. The van der Waals surface area contributed by atoms with Crippen LogP contribution in [0.4, 0.5) is 18.9 Å². The van der Waals surface area contributed by atoms with Gasteiger partial charge in [-0.25, -0.2) is 13.2 Å². The zero-order valence-electron chi connectivity index (χ0n) is 9.32. The van der Waals surface area contributed by atoms with Crippen LogP contribution in [0.2, 0.25) is 0 Å². The van der Waals surface area contributed by atoms with Crippen molar-refractivity contribution in [2.75, 3.05) is 18.9 Å².